The van der Waals surface area contributed by atoms with Crippen molar-refractivity contribution in [3.8, 4) is 0 Å². The number of hydrogen-bond acceptors (Lipinski definition) is 4. The monoisotopic (exact) mass is 294 g/mol. The van der Waals surface area contributed by atoms with Crippen LogP contribution in [0.15, 0.2) is 0 Å². The van der Waals surface area contributed by atoms with E-state index in [0.717, 1.165) is 0 Å². The van der Waals surface area contributed by atoms with Crippen LogP contribution in [0.2, 0.25) is 0 Å². The lowest BCUT2D eigenvalue weighted by Gasteiger charge is -2.11. The summed E-state index contributed by atoms with van der Waals surface area (Å²) in [6.07, 6.45) is -5.17. The van der Waals surface area contributed by atoms with Crippen molar-refractivity contribution in [2.24, 2.45) is 0 Å². The number of amides is 1. The molecule has 2 N–H and O–H groups in total. The summed E-state index contributed by atoms with van der Waals surface area (Å²) in [6, 6.07) is -0.144. The maximum atomic E-state index is 12.8. The number of halogens is 3. The number of carbonyl (C=O) groups is 2. The van der Waals surface area contributed by atoms with Gasteiger partial charge in [0.25, 0.3) is 0 Å². The molecule has 1 rings (SSSR count). The average Bonchev–Trinajstić information content (AvgIpc) is 2.68. The van der Waals surface area contributed by atoms with Gasteiger partial charge >= 0.3 is 12.1 Å². The third kappa shape index (κ3) is 3.93. The highest BCUT2D eigenvalue weighted by atomic mass is 19.4. The normalized spacial score (nSPS) is 11.7. The number of nitrogens with one attached hydrogen (secondary N) is 1. The van der Waals surface area contributed by atoms with E-state index in [0.29, 0.717) is 4.68 Å². The van der Waals surface area contributed by atoms with Gasteiger partial charge in [0.05, 0.1) is 6.54 Å². The molecule has 0 atom stereocenters. The molecule has 1 aromatic heterocycles. The molecule has 0 fully saturated rings. The van der Waals surface area contributed by atoms with Crippen LogP contribution in [0.3, 0.4) is 0 Å². The maximum Gasteiger partial charge on any atom is 0.435 e. The van der Waals surface area contributed by atoms with Crippen LogP contribution in [0.5, 0.6) is 0 Å². The van der Waals surface area contributed by atoms with Crippen molar-refractivity contribution in [2.45, 2.75) is 39.0 Å². The van der Waals surface area contributed by atoms with E-state index in [2.05, 4.69) is 15.6 Å². The Balaban J connectivity index is 2.91. The number of nitrogens with zero attached hydrogens (tertiary/aromatic N) is 3. The molecule has 0 unspecified atom stereocenters. The molecule has 0 spiro atoms. The van der Waals surface area contributed by atoms with Gasteiger partial charge in [-0.05, 0) is 13.8 Å². The van der Waals surface area contributed by atoms with Gasteiger partial charge in [0.1, 0.15) is 0 Å². The van der Waals surface area contributed by atoms with Crippen molar-refractivity contribution < 1.29 is 27.9 Å². The Hall–Kier alpha value is -2.13. The van der Waals surface area contributed by atoms with Gasteiger partial charge in [0.15, 0.2) is 5.69 Å². The SMILES string of the molecule is CC(C)NC(=O)CCn1nnc(C(=O)O)c1C(F)(F)F. The summed E-state index contributed by atoms with van der Waals surface area (Å²) in [5.74, 6) is -2.28. The van der Waals surface area contributed by atoms with E-state index < -0.39 is 36.0 Å². The Labute approximate surface area is 111 Å². The van der Waals surface area contributed by atoms with Crippen LogP contribution in [0.25, 0.3) is 0 Å². The first-order valence-corrected chi connectivity index (χ1v) is 5.66. The zero-order chi connectivity index (χ0) is 15.5. The van der Waals surface area contributed by atoms with Gasteiger partial charge in [-0.2, -0.15) is 13.2 Å². The molecule has 0 saturated carbocycles. The molecule has 0 radical (unpaired) electrons. The fraction of sp³-hybridized carbons (Fsp3) is 0.600. The predicted molar refractivity (Wildman–Crippen MR) is 59.9 cm³/mol. The Morgan fingerprint density at radius 2 is 2.00 bits per heavy atom. The molecule has 0 aliphatic carbocycles. The van der Waals surface area contributed by atoms with E-state index in [1.54, 1.807) is 13.8 Å². The molecule has 0 aromatic carbocycles. The van der Waals surface area contributed by atoms with Crippen LogP contribution >= 0.6 is 0 Å². The largest absolute Gasteiger partial charge is 0.476 e. The van der Waals surface area contributed by atoms with E-state index in [-0.39, 0.29) is 12.5 Å². The van der Waals surface area contributed by atoms with Gasteiger partial charge in [-0.1, -0.05) is 5.21 Å². The van der Waals surface area contributed by atoms with E-state index >= 15 is 0 Å². The topological polar surface area (TPSA) is 97.1 Å². The van der Waals surface area contributed by atoms with Crippen LogP contribution in [0.4, 0.5) is 13.2 Å². The number of aromatic carboxylic acids is 1. The van der Waals surface area contributed by atoms with Crippen LogP contribution in [0, 0.1) is 0 Å². The second-order valence-corrected chi connectivity index (χ2v) is 4.28. The van der Waals surface area contributed by atoms with Crippen molar-refractivity contribution in [3.05, 3.63) is 11.4 Å². The number of aryl methyl sites for hydroxylation is 1. The lowest BCUT2D eigenvalue weighted by atomic mass is 10.3. The van der Waals surface area contributed by atoms with Gasteiger partial charge in [-0.3, -0.25) is 4.79 Å². The lowest BCUT2D eigenvalue weighted by Crippen LogP contribution is -2.31. The molecule has 0 aliphatic rings. The molecule has 0 bridgehead atoms. The van der Waals surface area contributed by atoms with Crippen molar-refractivity contribution >= 4 is 11.9 Å². The minimum atomic E-state index is -4.91. The first-order chi connectivity index (χ1) is 9.12. The number of hydrogen-bond donors (Lipinski definition) is 2. The fourth-order valence-corrected chi connectivity index (χ4v) is 1.50. The van der Waals surface area contributed by atoms with Crippen LogP contribution < -0.4 is 5.32 Å². The summed E-state index contributed by atoms with van der Waals surface area (Å²) in [4.78, 5) is 22.0. The smallest absolute Gasteiger partial charge is 0.435 e. The standard InChI is InChI=1S/C10H13F3N4O3/c1-5(2)14-6(18)3-4-17-8(10(11,12)13)7(9(19)20)15-16-17/h5H,3-4H2,1-2H3,(H,14,18)(H,19,20). The minimum Gasteiger partial charge on any atom is -0.476 e. The summed E-state index contributed by atoms with van der Waals surface area (Å²) in [5, 5.41) is 17.3. The first-order valence-electron chi connectivity index (χ1n) is 5.66. The molecular formula is C10H13F3N4O3. The molecule has 1 amide bonds. The zero-order valence-corrected chi connectivity index (χ0v) is 10.7. The van der Waals surface area contributed by atoms with E-state index in [4.69, 9.17) is 5.11 Å². The highest BCUT2D eigenvalue weighted by Gasteiger charge is 2.41. The number of aromatic nitrogens is 3. The Bertz CT molecular complexity index is 510. The van der Waals surface area contributed by atoms with Gasteiger partial charge in [0, 0.05) is 12.5 Å². The molecule has 7 nitrogen and oxygen atoms in total. The average molecular weight is 294 g/mol. The minimum absolute atomic E-state index is 0.144. The van der Waals surface area contributed by atoms with E-state index in [9.17, 15) is 22.8 Å². The molecule has 0 saturated heterocycles. The van der Waals surface area contributed by atoms with Crippen LogP contribution in [0.1, 0.15) is 36.5 Å². The quantitative estimate of drug-likeness (QED) is 0.841. The third-order valence-corrected chi connectivity index (χ3v) is 2.21. The molecule has 10 heteroatoms. The summed E-state index contributed by atoms with van der Waals surface area (Å²) < 4.78 is 38.7. The summed E-state index contributed by atoms with van der Waals surface area (Å²) in [7, 11) is 0. The van der Waals surface area contributed by atoms with E-state index in [1.807, 2.05) is 0 Å². The molecule has 1 aromatic rings. The van der Waals surface area contributed by atoms with Crippen molar-refractivity contribution in [1.82, 2.24) is 20.3 Å². The lowest BCUT2D eigenvalue weighted by molar-refractivity contribution is -0.145. The maximum absolute atomic E-state index is 12.8. The number of alkyl halides is 3. The highest BCUT2D eigenvalue weighted by Crippen LogP contribution is 2.31. The molecule has 20 heavy (non-hydrogen) atoms. The first kappa shape index (κ1) is 15.9. The molecular weight excluding hydrogens is 281 g/mol. The number of carboxylic acids is 1. The summed E-state index contributed by atoms with van der Waals surface area (Å²) >= 11 is 0. The second-order valence-electron chi connectivity index (χ2n) is 4.28. The van der Waals surface area contributed by atoms with E-state index in [1.165, 1.54) is 0 Å². The predicted octanol–water partition coefficient (Wildman–Crippen LogP) is 0.910. The summed E-state index contributed by atoms with van der Waals surface area (Å²) in [6.45, 7) is 3.00. The van der Waals surface area contributed by atoms with Crippen LogP contribution in [-0.2, 0) is 17.5 Å². The van der Waals surface area contributed by atoms with Gasteiger partial charge in [-0.15, -0.1) is 5.10 Å². The van der Waals surface area contributed by atoms with Gasteiger partial charge in [-0.25, -0.2) is 9.48 Å². The summed E-state index contributed by atoms with van der Waals surface area (Å²) in [5.41, 5.74) is -2.65. The Kier molecular flexibility index (Phi) is 4.69. The second kappa shape index (κ2) is 5.88. The third-order valence-electron chi connectivity index (χ3n) is 2.21. The Morgan fingerprint density at radius 3 is 2.45 bits per heavy atom. The fourth-order valence-electron chi connectivity index (χ4n) is 1.50. The van der Waals surface area contributed by atoms with Gasteiger partial charge in [0.2, 0.25) is 11.6 Å². The van der Waals surface area contributed by atoms with Crippen molar-refractivity contribution in [3.63, 3.8) is 0 Å². The molecule has 1 heterocycles. The van der Waals surface area contributed by atoms with Crippen LogP contribution in [-0.4, -0.2) is 38.0 Å². The highest BCUT2D eigenvalue weighted by molar-refractivity contribution is 5.86. The molecule has 112 valence electrons. The van der Waals surface area contributed by atoms with Crippen molar-refractivity contribution in [2.75, 3.05) is 0 Å². The van der Waals surface area contributed by atoms with Gasteiger partial charge < -0.3 is 10.4 Å². The van der Waals surface area contributed by atoms with Crippen molar-refractivity contribution in [1.29, 1.82) is 0 Å². The Morgan fingerprint density at radius 1 is 1.40 bits per heavy atom. The number of carboxylic acid groups (broad SMARTS) is 1. The zero-order valence-electron chi connectivity index (χ0n) is 10.7. The number of carbonyl (C=O) groups excluding carboxylic acids is 1. The molecule has 0 aliphatic heterocycles. The number of rotatable bonds is 5.